The summed E-state index contributed by atoms with van der Waals surface area (Å²) in [4.78, 5) is 12.3. The zero-order valence-electron chi connectivity index (χ0n) is 12.1. The van der Waals surface area contributed by atoms with Crippen molar-refractivity contribution in [3.8, 4) is 0 Å². The summed E-state index contributed by atoms with van der Waals surface area (Å²) in [5.74, 6) is 0.719. The Morgan fingerprint density at radius 1 is 1.42 bits per heavy atom. The minimum atomic E-state index is -0.110. The fraction of sp³-hybridized carbons (Fsp3) is 0.714. The van der Waals surface area contributed by atoms with Crippen LogP contribution in [0.3, 0.4) is 0 Å². The molecular weight excluding hydrogens is 242 g/mol. The lowest BCUT2D eigenvalue weighted by atomic mass is 9.89. The lowest BCUT2D eigenvalue weighted by Crippen LogP contribution is -2.32. The third-order valence-corrected chi connectivity index (χ3v) is 3.95. The molecule has 0 spiro atoms. The highest BCUT2D eigenvalue weighted by Crippen LogP contribution is 2.32. The van der Waals surface area contributed by atoms with Gasteiger partial charge in [-0.05, 0) is 26.2 Å². The molecule has 1 aliphatic rings. The average Bonchev–Trinajstić information content (AvgIpc) is 2.86. The first kappa shape index (κ1) is 14.1. The highest BCUT2D eigenvalue weighted by atomic mass is 16.5. The van der Waals surface area contributed by atoms with E-state index < -0.39 is 0 Å². The normalized spacial score (nSPS) is 30.5. The molecule has 19 heavy (non-hydrogen) atoms. The van der Waals surface area contributed by atoms with Gasteiger partial charge < -0.3 is 10.1 Å². The van der Waals surface area contributed by atoms with Crippen molar-refractivity contribution in [1.29, 1.82) is 0 Å². The van der Waals surface area contributed by atoms with Crippen LogP contribution >= 0.6 is 0 Å². The minimum absolute atomic E-state index is 0.00102. The Hall–Kier alpha value is -1.36. The van der Waals surface area contributed by atoms with Gasteiger partial charge in [-0.2, -0.15) is 5.10 Å². The summed E-state index contributed by atoms with van der Waals surface area (Å²) in [5.41, 5.74) is 1.05. The summed E-state index contributed by atoms with van der Waals surface area (Å²) >= 11 is 0. The molecule has 4 unspecified atom stereocenters. The van der Waals surface area contributed by atoms with Crippen LogP contribution in [0.25, 0.3) is 0 Å². The smallest absolute Gasteiger partial charge is 0.231 e. The summed E-state index contributed by atoms with van der Waals surface area (Å²) in [6.07, 6.45) is 2.08. The number of aromatic amines is 1. The molecule has 2 N–H and O–H groups in total. The predicted octanol–water partition coefficient (Wildman–Crippen LogP) is 2.36. The molecule has 1 aromatic heterocycles. The van der Waals surface area contributed by atoms with E-state index in [1.165, 1.54) is 0 Å². The Morgan fingerprint density at radius 2 is 2.16 bits per heavy atom. The second-order valence-corrected chi connectivity index (χ2v) is 5.45. The van der Waals surface area contributed by atoms with Crippen LogP contribution in [0.1, 0.15) is 39.8 Å². The monoisotopic (exact) mass is 265 g/mol. The first-order valence-electron chi connectivity index (χ1n) is 7.03. The first-order valence-corrected chi connectivity index (χ1v) is 7.03. The number of ether oxygens (including phenoxy) is 1. The predicted molar refractivity (Wildman–Crippen MR) is 73.9 cm³/mol. The second kappa shape index (κ2) is 5.74. The molecule has 1 amide bonds. The van der Waals surface area contributed by atoms with Crippen molar-refractivity contribution in [2.45, 2.75) is 52.7 Å². The van der Waals surface area contributed by atoms with Gasteiger partial charge in [-0.1, -0.05) is 20.3 Å². The number of aryl methyl sites for hydroxylation is 1. The highest BCUT2D eigenvalue weighted by molar-refractivity contribution is 5.92. The summed E-state index contributed by atoms with van der Waals surface area (Å²) in [7, 11) is 0. The maximum Gasteiger partial charge on any atom is 0.231 e. The van der Waals surface area contributed by atoms with Crippen LogP contribution in [0, 0.1) is 11.8 Å². The molecule has 106 valence electrons. The van der Waals surface area contributed by atoms with Crippen LogP contribution < -0.4 is 5.32 Å². The van der Waals surface area contributed by atoms with Gasteiger partial charge >= 0.3 is 0 Å². The number of aromatic nitrogens is 2. The van der Waals surface area contributed by atoms with Crippen LogP contribution in [0.5, 0.6) is 0 Å². The second-order valence-electron chi connectivity index (χ2n) is 5.45. The van der Waals surface area contributed by atoms with Crippen molar-refractivity contribution in [3.63, 3.8) is 0 Å². The van der Waals surface area contributed by atoms with Gasteiger partial charge in [0.2, 0.25) is 5.91 Å². The Morgan fingerprint density at radius 3 is 2.74 bits per heavy atom. The molecule has 0 aliphatic carbocycles. The number of hydrogen-bond donors (Lipinski definition) is 2. The Bertz CT molecular complexity index is 444. The summed E-state index contributed by atoms with van der Waals surface area (Å²) in [6.45, 7) is 8.14. The van der Waals surface area contributed by atoms with Gasteiger partial charge in [0.05, 0.1) is 18.1 Å². The topological polar surface area (TPSA) is 67.0 Å². The molecule has 0 saturated carbocycles. The Labute approximate surface area is 114 Å². The zero-order valence-corrected chi connectivity index (χ0v) is 12.1. The number of hydrogen-bond acceptors (Lipinski definition) is 3. The number of anilines is 1. The van der Waals surface area contributed by atoms with E-state index in [1.807, 2.05) is 19.9 Å². The lowest BCUT2D eigenvalue weighted by Gasteiger charge is -2.16. The van der Waals surface area contributed by atoms with E-state index in [9.17, 15) is 4.79 Å². The minimum Gasteiger partial charge on any atom is -0.374 e. The van der Waals surface area contributed by atoms with Crippen LogP contribution in [-0.2, 0) is 16.0 Å². The third kappa shape index (κ3) is 2.97. The fourth-order valence-electron chi connectivity index (χ4n) is 2.75. The molecular formula is C14H23N3O2. The lowest BCUT2D eigenvalue weighted by molar-refractivity contribution is -0.122. The van der Waals surface area contributed by atoms with E-state index in [1.54, 1.807) is 0 Å². The van der Waals surface area contributed by atoms with Crippen LogP contribution in [-0.4, -0.2) is 28.3 Å². The van der Waals surface area contributed by atoms with Gasteiger partial charge in [-0.15, -0.1) is 0 Å². The maximum absolute atomic E-state index is 12.3. The molecule has 1 aromatic rings. The standard InChI is InChI=1S/C14H23N3O2/c1-5-6-11-7-12(17-16-11)15-14(18)13-8(2)9(3)19-10(13)4/h7-10,13H,5-6H2,1-4H3,(H2,15,16,17,18). The van der Waals surface area contributed by atoms with E-state index >= 15 is 0 Å². The van der Waals surface area contributed by atoms with E-state index in [0.29, 0.717) is 5.82 Å². The third-order valence-electron chi connectivity index (χ3n) is 3.95. The van der Waals surface area contributed by atoms with E-state index in [4.69, 9.17) is 4.74 Å². The van der Waals surface area contributed by atoms with Crippen molar-refractivity contribution in [1.82, 2.24) is 10.2 Å². The van der Waals surface area contributed by atoms with Crippen molar-refractivity contribution >= 4 is 11.7 Å². The van der Waals surface area contributed by atoms with Crippen molar-refractivity contribution in [2.24, 2.45) is 11.8 Å². The van der Waals surface area contributed by atoms with Gasteiger partial charge in [-0.25, -0.2) is 0 Å². The molecule has 2 rings (SSSR count). The molecule has 5 nitrogen and oxygen atoms in total. The van der Waals surface area contributed by atoms with E-state index in [0.717, 1.165) is 18.5 Å². The number of amides is 1. The number of carbonyl (C=O) groups is 1. The van der Waals surface area contributed by atoms with Crippen molar-refractivity contribution in [2.75, 3.05) is 5.32 Å². The number of H-pyrrole nitrogens is 1. The number of nitrogens with zero attached hydrogens (tertiary/aromatic N) is 1. The van der Waals surface area contributed by atoms with Gasteiger partial charge in [0.25, 0.3) is 0 Å². The zero-order chi connectivity index (χ0) is 14.0. The van der Waals surface area contributed by atoms with E-state index in [-0.39, 0.29) is 30.0 Å². The largest absolute Gasteiger partial charge is 0.374 e. The summed E-state index contributed by atoms with van der Waals surface area (Å²) in [6, 6.07) is 1.90. The average molecular weight is 265 g/mol. The fourth-order valence-corrected chi connectivity index (χ4v) is 2.75. The molecule has 0 bridgehead atoms. The van der Waals surface area contributed by atoms with Crippen LogP contribution in [0.4, 0.5) is 5.82 Å². The van der Waals surface area contributed by atoms with Gasteiger partial charge in [0, 0.05) is 11.8 Å². The van der Waals surface area contributed by atoms with Crippen LogP contribution in [0.2, 0.25) is 0 Å². The van der Waals surface area contributed by atoms with Crippen molar-refractivity contribution < 1.29 is 9.53 Å². The quantitative estimate of drug-likeness (QED) is 0.878. The van der Waals surface area contributed by atoms with Gasteiger partial charge in [0.1, 0.15) is 0 Å². The summed E-state index contributed by atoms with van der Waals surface area (Å²) < 4.78 is 5.70. The molecule has 4 atom stereocenters. The molecule has 0 aromatic carbocycles. The number of carbonyl (C=O) groups excluding carboxylic acids is 1. The SMILES string of the molecule is CCCc1cc(NC(=O)C2C(C)OC(C)C2C)n[nH]1. The van der Waals surface area contributed by atoms with Gasteiger partial charge in [-0.3, -0.25) is 9.89 Å². The first-order chi connectivity index (χ1) is 9.02. The molecule has 1 saturated heterocycles. The summed E-state index contributed by atoms with van der Waals surface area (Å²) in [5, 5.41) is 9.94. The van der Waals surface area contributed by atoms with Crippen molar-refractivity contribution in [3.05, 3.63) is 11.8 Å². The maximum atomic E-state index is 12.3. The number of nitrogens with one attached hydrogen (secondary N) is 2. The Kier molecular flexibility index (Phi) is 4.24. The van der Waals surface area contributed by atoms with Gasteiger partial charge in [0.15, 0.2) is 5.82 Å². The molecule has 5 heteroatoms. The van der Waals surface area contributed by atoms with E-state index in [2.05, 4.69) is 29.4 Å². The molecule has 0 radical (unpaired) electrons. The molecule has 1 aliphatic heterocycles. The molecule has 1 fully saturated rings. The molecule has 2 heterocycles. The van der Waals surface area contributed by atoms with Crippen LogP contribution in [0.15, 0.2) is 6.07 Å². The number of rotatable bonds is 4. The highest BCUT2D eigenvalue weighted by Gasteiger charge is 2.41. The Balaban J connectivity index is 2.00.